The molecular formula is C10H9LiO2. The van der Waals surface area contributed by atoms with E-state index >= 15 is 0 Å². The molecule has 1 aliphatic carbocycles. The second-order valence-electron chi connectivity index (χ2n) is 2.84. The smallest absolute Gasteiger partial charge is 0.872 e. The third-order valence-electron chi connectivity index (χ3n) is 2.22. The van der Waals surface area contributed by atoms with Crippen LogP contribution < -0.4 is 28.7 Å². The van der Waals surface area contributed by atoms with Crippen LogP contribution in [0.25, 0.3) is 11.3 Å². The molecule has 0 fully saturated rings. The van der Waals surface area contributed by atoms with Crippen molar-refractivity contribution in [1.29, 1.82) is 0 Å². The summed E-state index contributed by atoms with van der Waals surface area (Å²) < 4.78 is 5.06. The van der Waals surface area contributed by atoms with Crippen LogP contribution in [0, 0.1) is 0 Å². The molecule has 0 radical (unpaired) electrons. The van der Waals surface area contributed by atoms with Crippen LogP contribution in [0.15, 0.2) is 18.2 Å². The number of ether oxygens (including phenoxy) is 1. The predicted molar refractivity (Wildman–Crippen MR) is 45.5 cm³/mol. The molecule has 0 spiro atoms. The van der Waals surface area contributed by atoms with E-state index in [1.807, 2.05) is 25.1 Å². The maximum atomic E-state index is 11.3. The first-order valence-electron chi connectivity index (χ1n) is 3.81. The monoisotopic (exact) mass is 168 g/mol. The van der Waals surface area contributed by atoms with E-state index in [1.54, 1.807) is 7.11 Å². The zero-order chi connectivity index (χ0) is 8.72. The summed E-state index contributed by atoms with van der Waals surface area (Å²) in [6.07, 6.45) is 0. The van der Waals surface area contributed by atoms with Gasteiger partial charge in [-0.05, 0) is 18.6 Å². The summed E-state index contributed by atoms with van der Waals surface area (Å²) in [5, 5.41) is 11.3. The number of benzene rings is 1. The quantitative estimate of drug-likeness (QED) is 0.466. The molecule has 0 amide bonds. The van der Waals surface area contributed by atoms with Gasteiger partial charge in [-0.3, -0.25) is 0 Å². The SMILES string of the molecule is COc1cccc2c1C([O-])=C2C.[Li+]. The van der Waals surface area contributed by atoms with E-state index in [9.17, 15) is 5.11 Å². The molecule has 0 saturated heterocycles. The molecule has 13 heavy (non-hydrogen) atoms. The summed E-state index contributed by atoms with van der Waals surface area (Å²) in [5.74, 6) is 0.797. The Kier molecular flexibility index (Phi) is 2.75. The van der Waals surface area contributed by atoms with E-state index < -0.39 is 0 Å². The van der Waals surface area contributed by atoms with E-state index in [2.05, 4.69) is 0 Å². The predicted octanol–water partition coefficient (Wildman–Crippen LogP) is -1.74. The van der Waals surface area contributed by atoms with E-state index in [-0.39, 0.29) is 24.6 Å². The first-order chi connectivity index (χ1) is 5.75. The van der Waals surface area contributed by atoms with Crippen LogP contribution in [-0.2, 0) is 0 Å². The normalized spacial score (nSPS) is 12.8. The maximum Gasteiger partial charge on any atom is 1.00 e. The van der Waals surface area contributed by atoms with Crippen molar-refractivity contribution in [3.63, 3.8) is 0 Å². The fraction of sp³-hybridized carbons (Fsp3) is 0.200. The van der Waals surface area contributed by atoms with E-state index in [1.165, 1.54) is 0 Å². The average Bonchev–Trinajstić information content (AvgIpc) is 2.15. The van der Waals surface area contributed by atoms with Crippen molar-refractivity contribution in [3.05, 3.63) is 29.3 Å². The average molecular weight is 168 g/mol. The molecule has 1 aromatic carbocycles. The topological polar surface area (TPSA) is 32.3 Å². The number of rotatable bonds is 1. The molecular weight excluding hydrogens is 159 g/mol. The van der Waals surface area contributed by atoms with E-state index in [0.29, 0.717) is 5.75 Å². The number of methoxy groups -OCH3 is 1. The van der Waals surface area contributed by atoms with Crippen molar-refractivity contribution in [2.75, 3.05) is 7.11 Å². The van der Waals surface area contributed by atoms with Crippen molar-refractivity contribution < 1.29 is 28.7 Å². The fourth-order valence-corrected chi connectivity index (χ4v) is 1.50. The molecule has 3 heteroatoms. The number of hydrogen-bond acceptors (Lipinski definition) is 2. The molecule has 2 rings (SSSR count). The number of fused-ring (bicyclic) bond motifs is 1. The Hall–Kier alpha value is -0.843. The summed E-state index contributed by atoms with van der Waals surface area (Å²) in [6.45, 7) is 1.84. The van der Waals surface area contributed by atoms with Crippen LogP contribution in [0.5, 0.6) is 5.75 Å². The minimum atomic E-state index is 0. The van der Waals surface area contributed by atoms with Gasteiger partial charge in [0.2, 0.25) is 0 Å². The Morgan fingerprint density at radius 3 is 2.62 bits per heavy atom. The van der Waals surface area contributed by atoms with Gasteiger partial charge in [0.25, 0.3) is 0 Å². The fourth-order valence-electron chi connectivity index (χ4n) is 1.50. The zero-order valence-electron chi connectivity index (χ0n) is 8.05. The van der Waals surface area contributed by atoms with Crippen LogP contribution >= 0.6 is 0 Å². The third kappa shape index (κ3) is 1.27. The number of allylic oxidation sites excluding steroid dienone is 1. The molecule has 0 aliphatic heterocycles. The van der Waals surface area contributed by atoms with E-state index in [0.717, 1.165) is 16.7 Å². The molecule has 1 aliphatic rings. The van der Waals surface area contributed by atoms with Crippen LogP contribution in [0.4, 0.5) is 0 Å². The molecule has 1 aromatic rings. The van der Waals surface area contributed by atoms with Gasteiger partial charge in [0.15, 0.2) is 0 Å². The summed E-state index contributed by atoms with van der Waals surface area (Å²) in [7, 11) is 1.58. The standard InChI is InChI=1S/C10H10O2.Li/c1-6-7-4-3-5-8(12-2)9(7)10(6)11;/h3-5,11H,1-2H3;/q;+1/p-1. The van der Waals surface area contributed by atoms with Crippen molar-refractivity contribution in [2.24, 2.45) is 0 Å². The second-order valence-corrected chi connectivity index (χ2v) is 2.84. The van der Waals surface area contributed by atoms with Crippen LogP contribution in [0.1, 0.15) is 18.1 Å². The van der Waals surface area contributed by atoms with Gasteiger partial charge in [-0.15, -0.1) is 0 Å². The van der Waals surface area contributed by atoms with Gasteiger partial charge in [0, 0.05) is 5.56 Å². The molecule has 0 bridgehead atoms. The number of hydrogen-bond donors (Lipinski definition) is 0. The molecule has 0 saturated carbocycles. The molecule has 0 heterocycles. The van der Waals surface area contributed by atoms with Gasteiger partial charge >= 0.3 is 18.9 Å². The Balaban J connectivity index is 0.000000845. The summed E-state index contributed by atoms with van der Waals surface area (Å²) in [4.78, 5) is 0. The van der Waals surface area contributed by atoms with Gasteiger partial charge < -0.3 is 9.84 Å². The van der Waals surface area contributed by atoms with Crippen LogP contribution in [0.3, 0.4) is 0 Å². The largest absolute Gasteiger partial charge is 1.00 e. The zero-order valence-corrected chi connectivity index (χ0v) is 8.05. The minimum Gasteiger partial charge on any atom is -0.872 e. The molecule has 2 nitrogen and oxygen atoms in total. The van der Waals surface area contributed by atoms with Crippen LogP contribution in [-0.4, -0.2) is 7.11 Å². The Morgan fingerprint density at radius 2 is 2.00 bits per heavy atom. The van der Waals surface area contributed by atoms with Crippen molar-refractivity contribution in [3.8, 4) is 5.75 Å². The second kappa shape index (κ2) is 3.49. The molecule has 62 valence electrons. The molecule has 0 unspecified atom stereocenters. The first-order valence-corrected chi connectivity index (χ1v) is 3.81. The maximum absolute atomic E-state index is 11.3. The summed E-state index contributed by atoms with van der Waals surface area (Å²) >= 11 is 0. The third-order valence-corrected chi connectivity index (χ3v) is 2.22. The van der Waals surface area contributed by atoms with Gasteiger partial charge in [-0.1, -0.05) is 23.5 Å². The Morgan fingerprint density at radius 1 is 1.31 bits per heavy atom. The van der Waals surface area contributed by atoms with Gasteiger partial charge in [0.1, 0.15) is 5.75 Å². The molecule has 0 atom stereocenters. The van der Waals surface area contributed by atoms with Crippen molar-refractivity contribution in [2.45, 2.75) is 6.92 Å². The minimum absolute atomic E-state index is 0. The van der Waals surface area contributed by atoms with Gasteiger partial charge in [-0.25, -0.2) is 0 Å². The van der Waals surface area contributed by atoms with Gasteiger partial charge in [0.05, 0.1) is 7.11 Å². The van der Waals surface area contributed by atoms with Gasteiger partial charge in [-0.2, -0.15) is 0 Å². The Bertz CT molecular complexity index is 369. The molecule has 0 aromatic heterocycles. The Labute approximate surface area is 89.4 Å². The van der Waals surface area contributed by atoms with Crippen molar-refractivity contribution >= 4 is 11.3 Å². The van der Waals surface area contributed by atoms with Crippen molar-refractivity contribution in [1.82, 2.24) is 0 Å². The molecule has 0 N–H and O–H groups in total. The summed E-state index contributed by atoms with van der Waals surface area (Å²) in [6, 6.07) is 5.64. The summed E-state index contributed by atoms with van der Waals surface area (Å²) in [5.41, 5.74) is 2.60. The first kappa shape index (κ1) is 10.2. The van der Waals surface area contributed by atoms with E-state index in [4.69, 9.17) is 4.74 Å². The van der Waals surface area contributed by atoms with Crippen LogP contribution in [0.2, 0.25) is 0 Å².